The Morgan fingerprint density at radius 2 is 1.89 bits per heavy atom. The molecule has 0 saturated heterocycles. The monoisotopic (exact) mass is 248 g/mol. The highest BCUT2D eigenvalue weighted by Gasteiger charge is 2.24. The average Bonchev–Trinajstić information content (AvgIpc) is 2.37. The SMILES string of the molecule is CCN(Cc1ccccc1)C(=O)C(CN)C(C)C. The summed E-state index contributed by atoms with van der Waals surface area (Å²) >= 11 is 0. The first kappa shape index (κ1) is 14.7. The van der Waals surface area contributed by atoms with Gasteiger partial charge in [-0.1, -0.05) is 44.2 Å². The highest BCUT2D eigenvalue weighted by molar-refractivity contribution is 5.79. The molecular formula is C15H24N2O. The lowest BCUT2D eigenvalue weighted by Gasteiger charge is -2.27. The van der Waals surface area contributed by atoms with E-state index in [-0.39, 0.29) is 17.7 Å². The minimum absolute atomic E-state index is 0.0753. The van der Waals surface area contributed by atoms with Crippen LogP contribution in [0.25, 0.3) is 0 Å². The third kappa shape index (κ3) is 3.84. The molecule has 3 heteroatoms. The van der Waals surface area contributed by atoms with Crippen LogP contribution >= 0.6 is 0 Å². The van der Waals surface area contributed by atoms with Gasteiger partial charge in [-0.05, 0) is 18.4 Å². The van der Waals surface area contributed by atoms with Crippen LogP contribution < -0.4 is 5.73 Å². The first-order valence-electron chi connectivity index (χ1n) is 6.62. The number of rotatable bonds is 6. The van der Waals surface area contributed by atoms with E-state index in [0.717, 1.165) is 12.1 Å². The van der Waals surface area contributed by atoms with Crippen molar-refractivity contribution in [2.24, 2.45) is 17.6 Å². The number of carbonyl (C=O) groups excluding carboxylic acids is 1. The Morgan fingerprint density at radius 3 is 2.33 bits per heavy atom. The predicted octanol–water partition coefficient (Wildman–Crippen LogP) is 2.27. The molecule has 1 atom stereocenters. The van der Waals surface area contributed by atoms with Gasteiger partial charge in [-0.15, -0.1) is 0 Å². The molecule has 1 rings (SSSR count). The van der Waals surface area contributed by atoms with E-state index in [9.17, 15) is 4.79 Å². The van der Waals surface area contributed by atoms with Crippen molar-refractivity contribution in [1.29, 1.82) is 0 Å². The zero-order valence-corrected chi connectivity index (χ0v) is 11.6. The smallest absolute Gasteiger partial charge is 0.227 e. The summed E-state index contributed by atoms with van der Waals surface area (Å²) in [6, 6.07) is 10.1. The quantitative estimate of drug-likeness (QED) is 0.839. The maximum Gasteiger partial charge on any atom is 0.227 e. The van der Waals surface area contributed by atoms with Gasteiger partial charge in [-0.2, -0.15) is 0 Å². The van der Waals surface area contributed by atoms with E-state index in [1.807, 2.05) is 56.0 Å². The van der Waals surface area contributed by atoms with Gasteiger partial charge < -0.3 is 10.6 Å². The molecule has 1 aromatic carbocycles. The van der Waals surface area contributed by atoms with E-state index in [2.05, 4.69) is 0 Å². The molecule has 100 valence electrons. The van der Waals surface area contributed by atoms with Crippen molar-refractivity contribution in [2.75, 3.05) is 13.1 Å². The molecule has 0 aliphatic heterocycles. The molecule has 0 aliphatic carbocycles. The van der Waals surface area contributed by atoms with Crippen LogP contribution in [0.1, 0.15) is 26.3 Å². The second kappa shape index (κ2) is 7.17. The van der Waals surface area contributed by atoms with Crippen LogP contribution in [0.4, 0.5) is 0 Å². The Hall–Kier alpha value is -1.35. The summed E-state index contributed by atoms with van der Waals surface area (Å²) in [5.74, 6) is 0.375. The number of nitrogens with zero attached hydrogens (tertiary/aromatic N) is 1. The van der Waals surface area contributed by atoms with E-state index < -0.39 is 0 Å². The Kier molecular flexibility index (Phi) is 5.86. The fourth-order valence-corrected chi connectivity index (χ4v) is 2.04. The van der Waals surface area contributed by atoms with Gasteiger partial charge in [-0.25, -0.2) is 0 Å². The number of hydrogen-bond donors (Lipinski definition) is 1. The summed E-state index contributed by atoms with van der Waals surface area (Å²) in [5, 5.41) is 0. The summed E-state index contributed by atoms with van der Waals surface area (Å²) in [6.07, 6.45) is 0. The third-order valence-electron chi connectivity index (χ3n) is 3.29. The summed E-state index contributed by atoms with van der Waals surface area (Å²) in [5.41, 5.74) is 6.87. The largest absolute Gasteiger partial charge is 0.338 e. The van der Waals surface area contributed by atoms with Gasteiger partial charge in [0, 0.05) is 19.6 Å². The van der Waals surface area contributed by atoms with Crippen LogP contribution in [0, 0.1) is 11.8 Å². The summed E-state index contributed by atoms with van der Waals surface area (Å²) in [4.78, 5) is 14.3. The molecule has 0 saturated carbocycles. The van der Waals surface area contributed by atoms with E-state index in [0.29, 0.717) is 13.1 Å². The molecule has 3 nitrogen and oxygen atoms in total. The zero-order chi connectivity index (χ0) is 13.5. The molecular weight excluding hydrogens is 224 g/mol. The summed E-state index contributed by atoms with van der Waals surface area (Å²) in [7, 11) is 0. The van der Waals surface area contributed by atoms with Crippen LogP contribution in [0.5, 0.6) is 0 Å². The lowest BCUT2D eigenvalue weighted by Crippen LogP contribution is -2.40. The van der Waals surface area contributed by atoms with Crippen molar-refractivity contribution < 1.29 is 4.79 Å². The highest BCUT2D eigenvalue weighted by Crippen LogP contribution is 2.15. The number of amides is 1. The average molecular weight is 248 g/mol. The minimum Gasteiger partial charge on any atom is -0.338 e. The number of nitrogens with two attached hydrogens (primary N) is 1. The molecule has 0 aliphatic rings. The van der Waals surface area contributed by atoms with Crippen LogP contribution in [-0.2, 0) is 11.3 Å². The van der Waals surface area contributed by atoms with Crippen LogP contribution in [0.3, 0.4) is 0 Å². The molecule has 1 unspecified atom stereocenters. The molecule has 0 bridgehead atoms. The highest BCUT2D eigenvalue weighted by atomic mass is 16.2. The number of hydrogen-bond acceptors (Lipinski definition) is 2. The second-order valence-electron chi connectivity index (χ2n) is 4.92. The van der Waals surface area contributed by atoms with Crippen LogP contribution in [0.15, 0.2) is 30.3 Å². The molecule has 2 N–H and O–H groups in total. The Bertz CT molecular complexity index is 362. The van der Waals surface area contributed by atoms with Crippen molar-refractivity contribution in [3.63, 3.8) is 0 Å². The Labute approximate surface area is 110 Å². The van der Waals surface area contributed by atoms with Gasteiger partial charge in [0.15, 0.2) is 0 Å². The van der Waals surface area contributed by atoms with Crippen LogP contribution in [0.2, 0.25) is 0 Å². The van der Waals surface area contributed by atoms with Crippen molar-refractivity contribution in [3.8, 4) is 0 Å². The lowest BCUT2D eigenvalue weighted by atomic mass is 9.94. The van der Waals surface area contributed by atoms with Gasteiger partial charge in [0.1, 0.15) is 0 Å². The normalized spacial score (nSPS) is 12.5. The van der Waals surface area contributed by atoms with E-state index in [1.165, 1.54) is 0 Å². The van der Waals surface area contributed by atoms with Gasteiger partial charge in [0.2, 0.25) is 5.91 Å². The van der Waals surface area contributed by atoms with Gasteiger partial charge in [-0.3, -0.25) is 4.79 Å². The lowest BCUT2D eigenvalue weighted by molar-refractivity contribution is -0.137. The zero-order valence-electron chi connectivity index (χ0n) is 11.6. The van der Waals surface area contributed by atoms with E-state index >= 15 is 0 Å². The standard InChI is InChI=1S/C15H24N2O/c1-4-17(11-13-8-6-5-7-9-13)15(18)14(10-16)12(2)3/h5-9,12,14H,4,10-11,16H2,1-3H3. The van der Waals surface area contributed by atoms with Gasteiger partial charge >= 0.3 is 0 Å². The molecule has 0 fully saturated rings. The molecule has 1 aromatic rings. The van der Waals surface area contributed by atoms with E-state index in [4.69, 9.17) is 5.73 Å². The van der Waals surface area contributed by atoms with Gasteiger partial charge in [0.05, 0.1) is 5.92 Å². The van der Waals surface area contributed by atoms with Gasteiger partial charge in [0.25, 0.3) is 0 Å². The van der Waals surface area contributed by atoms with Crippen LogP contribution in [-0.4, -0.2) is 23.9 Å². The molecule has 0 aromatic heterocycles. The first-order valence-corrected chi connectivity index (χ1v) is 6.62. The maximum atomic E-state index is 12.4. The van der Waals surface area contributed by atoms with Crippen molar-refractivity contribution in [3.05, 3.63) is 35.9 Å². The summed E-state index contributed by atoms with van der Waals surface area (Å²) < 4.78 is 0. The summed E-state index contributed by atoms with van der Waals surface area (Å²) in [6.45, 7) is 7.91. The molecule has 18 heavy (non-hydrogen) atoms. The third-order valence-corrected chi connectivity index (χ3v) is 3.29. The van der Waals surface area contributed by atoms with E-state index in [1.54, 1.807) is 0 Å². The second-order valence-corrected chi connectivity index (χ2v) is 4.92. The number of carbonyl (C=O) groups is 1. The molecule has 0 radical (unpaired) electrons. The van der Waals surface area contributed by atoms with Crippen molar-refractivity contribution in [1.82, 2.24) is 4.90 Å². The maximum absolute atomic E-state index is 12.4. The first-order chi connectivity index (χ1) is 8.60. The fourth-order valence-electron chi connectivity index (χ4n) is 2.04. The molecule has 0 spiro atoms. The minimum atomic E-state index is -0.0753. The number of benzene rings is 1. The Morgan fingerprint density at radius 1 is 1.28 bits per heavy atom. The fraction of sp³-hybridized carbons (Fsp3) is 0.533. The Balaban J connectivity index is 2.74. The van der Waals surface area contributed by atoms with Crippen molar-refractivity contribution >= 4 is 5.91 Å². The predicted molar refractivity (Wildman–Crippen MR) is 74.9 cm³/mol. The molecule has 1 amide bonds. The van der Waals surface area contributed by atoms with Crippen molar-refractivity contribution in [2.45, 2.75) is 27.3 Å². The topological polar surface area (TPSA) is 46.3 Å². The molecule has 0 heterocycles.